The van der Waals surface area contributed by atoms with Gasteiger partial charge in [0.25, 0.3) is 12.9 Å². The van der Waals surface area contributed by atoms with Crippen LogP contribution in [0.2, 0.25) is 0 Å². The van der Waals surface area contributed by atoms with Crippen molar-refractivity contribution in [1.82, 2.24) is 59.5 Å². The number of hydrogen-bond donors (Lipinski definition) is 4. The fourth-order valence-corrected chi connectivity index (χ4v) is 15.8. The van der Waals surface area contributed by atoms with Crippen LogP contribution in [-0.4, -0.2) is 324 Å². The first-order valence-electron chi connectivity index (χ1n) is 44.7. The van der Waals surface area contributed by atoms with Gasteiger partial charge in [0.2, 0.25) is 0 Å². The predicted molar refractivity (Wildman–Crippen MR) is 513 cm³/mol. The number of allylic oxidation sites excluding steroid dienone is 1. The zero-order chi connectivity index (χ0) is 99.1. The van der Waals surface area contributed by atoms with Gasteiger partial charge in [-0.05, 0) is 248 Å². The van der Waals surface area contributed by atoms with Crippen LogP contribution in [0.5, 0.6) is 0 Å². The summed E-state index contributed by atoms with van der Waals surface area (Å²) in [7, 11) is 2.81. The third-order valence-corrected chi connectivity index (χ3v) is 23.5. The van der Waals surface area contributed by atoms with Crippen molar-refractivity contribution in [3.63, 3.8) is 0 Å². The molecule has 9 heterocycles. The number of aliphatic hydroxyl groups excluding tert-OH is 1. The van der Waals surface area contributed by atoms with E-state index in [1.165, 1.54) is 59.1 Å². The van der Waals surface area contributed by atoms with Crippen LogP contribution >= 0.6 is 27.3 Å². The third-order valence-electron chi connectivity index (χ3n) is 22.0. The molecule has 3 amide bonds. The Labute approximate surface area is 1060 Å². The topological polar surface area (TPSA) is 422 Å². The Morgan fingerprint density at radius 1 is 0.616 bits per heavy atom. The molecule has 34 nitrogen and oxygen atoms in total. The number of alkyl halides is 4. The predicted octanol–water partition coefficient (Wildman–Crippen LogP) is -4.16. The number of fused-ring (bicyclic) bond motifs is 3. The number of nitrogens with one attached hydrogen (secondary N) is 3. The molecule has 7 aliphatic rings. The number of carbonyl (C=O) groups is 9. The molecule has 0 radical (unpaired) electrons. The summed E-state index contributed by atoms with van der Waals surface area (Å²) in [5, 5.41) is 55.7. The minimum Gasteiger partial charge on any atom is -1.00 e. The number of anilines is 1. The molecule has 3 aromatic heterocycles. The molecule has 5 unspecified atom stereocenters. The number of piperidine rings is 3. The molecule has 2 aromatic carbocycles. The van der Waals surface area contributed by atoms with E-state index in [1.807, 2.05) is 131 Å². The van der Waals surface area contributed by atoms with Crippen molar-refractivity contribution >= 4 is 133 Å². The van der Waals surface area contributed by atoms with Crippen molar-refractivity contribution < 1.29 is 369 Å². The normalized spacial score (nSPS) is 16.4. The number of aliphatic hydroxyl groups is 1. The van der Waals surface area contributed by atoms with Gasteiger partial charge in [-0.2, -0.15) is 23.7 Å². The molecule has 1 aliphatic carbocycles. The van der Waals surface area contributed by atoms with Gasteiger partial charge in [0.15, 0.2) is 17.4 Å². The number of piperazine rings is 3. The number of rotatable bonds is 17. The molecule has 45 heteroatoms. The number of carbonyl (C=O) groups excluding carboxylic acids is 9. The molecule has 6 fully saturated rings. The summed E-state index contributed by atoms with van der Waals surface area (Å²) < 4.78 is 64.5. The molecule has 4 N–H and O–H groups in total. The molecule has 0 bridgehead atoms. The number of esters is 2. The van der Waals surface area contributed by atoms with E-state index in [1.54, 1.807) is 22.8 Å². The molecular weight excluding hydrogens is 2180 g/mol. The number of aryl methyl sites for hydroxylation is 1. The van der Waals surface area contributed by atoms with Crippen molar-refractivity contribution in [1.29, 1.82) is 10.5 Å². The Bertz CT molecular complexity index is 4470. The maximum atomic E-state index is 12.5. The van der Waals surface area contributed by atoms with Crippen molar-refractivity contribution in [2.24, 2.45) is 0 Å². The standard InChI is InChI=1S/C19H23N3O.C13H15F3N4S.C13H26N2O2.C12H24N2O3.C12H9NO.C9H18N2O2.C9H17NO2.C4H7BrO2.2CH2O3.Al.2Cs.2K.Li.6H/c1-14(21-8-4-3-5-9-21)12-22-17(11-20)10-18-15(2)16(13-23)6-7-19(18)22;14-13(15,16)6-9-5-10-11(18-7-19-12(10)21-9)20-8-1-3-17-4-2-8;1-6-11(2)14-7-9-15(10-8-14)12(16)17-13(3,4)5;1-10(9-15)13-5-7-14(8-6-13)11(16)17-12(2,3)4;1-8-11(7-14)3-2-10-4-9(6-13)5-12(8)10;1-9(2,3)13-8(12)11-6-4-10-5-7-11;1-8(9(11)12-2)10-6-4-3-5-7-10;1-3(5)4(6)7-2;2*2-1-4-3;;;;;;;;;;;;/h6-7,10,13-14H,3-5,8-9,12H2,1-2H3;5,7-8,17H,1-4,6H2,(H,18,19,20);11H,6-10H2,1-5H3;10,15H,5-9H2,1-4H3;2-3,5,7H,4H2,1H3;10H,4-7H2,1-3H3;8H,3-7H2,1-2H3;3H,1-2H3;2*1,3H;;;;;;;;;;;;/q;;;;;;;;;;;5*+1;;;;3*-1/p-2. The molecule has 5 aromatic rings. The second-order valence-electron chi connectivity index (χ2n) is 35.4. The first-order valence-corrected chi connectivity index (χ1v) is 46.5. The smallest absolute Gasteiger partial charge is 1.00 e. The molecular formula is C93H147AlBrCs2F3K2LiN15O19S. The second kappa shape index (κ2) is 76.5. The van der Waals surface area contributed by atoms with Gasteiger partial charge in [-0.1, -0.05) is 47.8 Å². The Morgan fingerprint density at radius 3 is 1.46 bits per heavy atom. The van der Waals surface area contributed by atoms with Gasteiger partial charge in [0.1, 0.15) is 69.0 Å². The van der Waals surface area contributed by atoms with Crippen molar-refractivity contribution in [2.45, 2.75) is 253 Å². The van der Waals surface area contributed by atoms with Gasteiger partial charge < -0.3 is 88.6 Å². The Morgan fingerprint density at radius 2 is 1.05 bits per heavy atom. The van der Waals surface area contributed by atoms with Crippen molar-refractivity contribution in [2.75, 3.05) is 144 Å². The van der Waals surface area contributed by atoms with Crippen molar-refractivity contribution in [3.05, 3.63) is 92.3 Å². The third kappa shape index (κ3) is 55.5. The number of methoxy groups -OCH3 is 2. The van der Waals surface area contributed by atoms with Crippen LogP contribution < -0.4 is 286 Å². The largest absolute Gasteiger partial charge is 1.00 e. The van der Waals surface area contributed by atoms with Crippen molar-refractivity contribution in [3.8, 4) is 12.1 Å². The number of nitriles is 2. The van der Waals surface area contributed by atoms with E-state index < -0.39 is 23.8 Å². The van der Waals surface area contributed by atoms with Crippen LogP contribution in [-0.2, 0) is 72.0 Å². The van der Waals surface area contributed by atoms with Crippen LogP contribution in [0.4, 0.5) is 33.4 Å². The molecule has 138 heavy (non-hydrogen) atoms. The first-order chi connectivity index (χ1) is 62.3. The number of benzene rings is 2. The number of aromatic nitrogens is 3. The van der Waals surface area contributed by atoms with Gasteiger partial charge in [0.05, 0.1) is 38.7 Å². The van der Waals surface area contributed by atoms with Gasteiger partial charge in [-0.25, -0.2) is 24.4 Å². The molecule has 750 valence electrons. The van der Waals surface area contributed by atoms with Gasteiger partial charge in [-0.3, -0.25) is 48.4 Å². The maximum absolute atomic E-state index is 12.5. The monoisotopic (exact) mass is 2320 g/mol. The Kier molecular flexibility index (Phi) is 79.4. The number of nitrogens with zero attached hydrogens (tertiary/aromatic N) is 12. The summed E-state index contributed by atoms with van der Waals surface area (Å²) in [4.78, 5) is 124. The summed E-state index contributed by atoms with van der Waals surface area (Å²) in [6.45, 7) is 49.6. The summed E-state index contributed by atoms with van der Waals surface area (Å²) in [6, 6.07) is 16.9. The number of ether oxygens (including phenoxy) is 5. The van der Waals surface area contributed by atoms with Gasteiger partial charge >= 0.3 is 296 Å². The Hall–Kier alpha value is -1.01. The van der Waals surface area contributed by atoms with Gasteiger partial charge in [0, 0.05) is 148 Å². The molecule has 6 saturated heterocycles. The van der Waals surface area contributed by atoms with Crippen LogP contribution in [0.25, 0.3) is 27.2 Å². The van der Waals surface area contributed by atoms with E-state index in [2.05, 4.69) is 118 Å². The number of thiophene rings is 1. The fraction of sp³-hybridized carbons (Fsp3) is 0.645. The van der Waals surface area contributed by atoms with Crippen LogP contribution in [0.1, 0.15) is 219 Å². The van der Waals surface area contributed by atoms with Crippen LogP contribution in [0.15, 0.2) is 48.3 Å². The van der Waals surface area contributed by atoms with Gasteiger partial charge in [-0.15, -0.1) is 11.3 Å². The average molecular weight is 2330 g/mol. The van der Waals surface area contributed by atoms with E-state index in [9.17, 15) is 52.0 Å². The van der Waals surface area contributed by atoms with E-state index in [0.717, 1.165) is 193 Å². The Balaban J connectivity index is -0.000000289. The summed E-state index contributed by atoms with van der Waals surface area (Å²) in [5.41, 5.74) is 6.80. The fourth-order valence-electron chi connectivity index (χ4n) is 14.6. The maximum Gasteiger partial charge on any atom is 1.00 e. The molecule has 5 atom stereocenters. The molecule has 12 rings (SSSR count). The van der Waals surface area contributed by atoms with Crippen LogP contribution in [0, 0.1) is 36.5 Å². The quantitative estimate of drug-likeness (QED) is 0.0131. The summed E-state index contributed by atoms with van der Waals surface area (Å²) in [6.07, 6.45) is 10.7. The molecule has 6 aliphatic heterocycles. The molecule has 0 spiro atoms. The van der Waals surface area contributed by atoms with E-state index in [4.69, 9.17) is 44.7 Å². The summed E-state index contributed by atoms with van der Waals surface area (Å²) in [5.74, 6) is 0.286. The second-order valence-corrected chi connectivity index (χ2v) is 37.9. The minimum absolute atomic E-state index is 0. The number of hydrogen-bond acceptors (Lipinski definition) is 31. The van der Waals surface area contributed by atoms with E-state index >= 15 is 0 Å². The van der Waals surface area contributed by atoms with E-state index in [-0.39, 0.29) is 358 Å². The zero-order valence-corrected chi connectivity index (χ0v) is 107. The number of amides is 3. The van der Waals surface area contributed by atoms with Crippen LogP contribution in [0.3, 0.4) is 0 Å². The van der Waals surface area contributed by atoms with E-state index in [0.29, 0.717) is 70.5 Å². The number of likely N-dealkylation sites (tertiary alicyclic amines) is 2. The number of aldehydes is 2. The summed E-state index contributed by atoms with van der Waals surface area (Å²) >= 11 is 4.10. The molecule has 0 saturated carbocycles. The number of halogens is 4. The minimum atomic E-state index is -4.20. The SMILES string of the molecule is CC(C)(C)OC(=O)N1CCNCC1.CC(CO)N1CCN(C(=O)OC(C)(C)C)CC1.CCC(C)N1CCN(C(=O)OC(C)(C)C)CC1.COC(=O)C(C)Br.COC(=O)C(C)N1CCCCC1.Cc1c(C=O)ccc2c1C=C(C#N)C2.Cc1c(C=O)ccc2c1cc(C#N)n2CC(C)N1CCCCC1.FC(F)(F)Cc1cc2c(NC3CCNCC3)ncnc2s1.O=CO[O-].O=CO[O-].[AlH3].[Cs+].[Cs+].[H-].[H-].[H-].[K+].[K+].[Li+]. The zero-order valence-electron chi connectivity index (χ0n) is 88.4. The average Bonchev–Trinajstić information content (AvgIpc) is 1.62. The first kappa shape index (κ1) is 143.